The number of rotatable bonds is 6. The SMILES string of the molecule is CC(C)C(=O)N1CCN(C(=O)CSc2nnc(-c3ccccc3)n2-c2ccccc2)CC1. The van der Waals surface area contributed by atoms with E-state index in [1.54, 1.807) is 0 Å². The van der Waals surface area contributed by atoms with E-state index in [0.29, 0.717) is 31.3 Å². The Bertz CT molecular complexity index is 1060. The van der Waals surface area contributed by atoms with E-state index in [1.165, 1.54) is 11.8 Å². The van der Waals surface area contributed by atoms with Crippen molar-refractivity contribution in [2.75, 3.05) is 31.9 Å². The van der Waals surface area contributed by atoms with Gasteiger partial charge in [-0.3, -0.25) is 14.2 Å². The standard InChI is InChI=1S/C24H27N5O2S/c1-18(2)23(31)28-15-13-27(14-16-28)21(30)17-32-24-26-25-22(19-9-5-3-6-10-19)29(24)20-11-7-4-8-12-20/h3-12,18H,13-17H2,1-2H3. The number of thioether (sulfide) groups is 1. The summed E-state index contributed by atoms with van der Waals surface area (Å²) in [5.41, 5.74) is 1.92. The number of aromatic nitrogens is 3. The van der Waals surface area contributed by atoms with E-state index in [0.717, 1.165) is 17.1 Å². The van der Waals surface area contributed by atoms with Crippen LogP contribution in [0.5, 0.6) is 0 Å². The van der Waals surface area contributed by atoms with Gasteiger partial charge in [0.1, 0.15) is 0 Å². The first-order valence-corrected chi connectivity index (χ1v) is 11.8. The summed E-state index contributed by atoms with van der Waals surface area (Å²) in [6, 6.07) is 19.8. The lowest BCUT2D eigenvalue weighted by Gasteiger charge is -2.35. The van der Waals surface area contributed by atoms with E-state index >= 15 is 0 Å². The summed E-state index contributed by atoms with van der Waals surface area (Å²) in [7, 11) is 0. The molecule has 1 aromatic heterocycles. The lowest BCUT2D eigenvalue weighted by atomic mass is 10.1. The highest BCUT2D eigenvalue weighted by molar-refractivity contribution is 7.99. The molecule has 1 aliphatic heterocycles. The van der Waals surface area contributed by atoms with Gasteiger partial charge in [-0.05, 0) is 12.1 Å². The molecular weight excluding hydrogens is 422 g/mol. The highest BCUT2D eigenvalue weighted by Crippen LogP contribution is 2.28. The second kappa shape index (κ2) is 9.99. The maximum Gasteiger partial charge on any atom is 0.233 e. The fraction of sp³-hybridized carbons (Fsp3) is 0.333. The molecule has 2 aromatic carbocycles. The van der Waals surface area contributed by atoms with Gasteiger partial charge in [-0.1, -0.05) is 74.1 Å². The van der Waals surface area contributed by atoms with Crippen molar-refractivity contribution in [2.45, 2.75) is 19.0 Å². The molecule has 2 amide bonds. The van der Waals surface area contributed by atoms with Crippen LogP contribution in [-0.2, 0) is 9.59 Å². The number of hydrogen-bond acceptors (Lipinski definition) is 5. The molecule has 0 unspecified atom stereocenters. The molecule has 2 heterocycles. The van der Waals surface area contributed by atoms with Crippen molar-refractivity contribution < 1.29 is 9.59 Å². The maximum atomic E-state index is 12.9. The lowest BCUT2D eigenvalue weighted by molar-refractivity contribution is -0.140. The van der Waals surface area contributed by atoms with Crippen LogP contribution in [0.2, 0.25) is 0 Å². The summed E-state index contributed by atoms with van der Waals surface area (Å²) in [5, 5.41) is 9.49. The molecule has 0 spiro atoms. The van der Waals surface area contributed by atoms with E-state index in [4.69, 9.17) is 0 Å². The Morgan fingerprint density at radius 1 is 0.875 bits per heavy atom. The van der Waals surface area contributed by atoms with Crippen molar-refractivity contribution in [2.24, 2.45) is 5.92 Å². The van der Waals surface area contributed by atoms with Gasteiger partial charge in [0.05, 0.1) is 5.75 Å². The summed E-state index contributed by atoms with van der Waals surface area (Å²) in [6.45, 7) is 6.13. The molecule has 3 aromatic rings. The monoisotopic (exact) mass is 449 g/mol. The predicted octanol–water partition coefficient (Wildman–Crippen LogP) is 3.35. The molecule has 166 valence electrons. The molecule has 0 radical (unpaired) electrons. The molecule has 4 rings (SSSR count). The summed E-state index contributed by atoms with van der Waals surface area (Å²) < 4.78 is 1.99. The first-order valence-electron chi connectivity index (χ1n) is 10.8. The number of carbonyl (C=O) groups is 2. The van der Waals surface area contributed by atoms with Gasteiger partial charge in [-0.25, -0.2) is 0 Å². The predicted molar refractivity (Wildman–Crippen MR) is 126 cm³/mol. The molecule has 0 N–H and O–H groups in total. The molecule has 1 saturated heterocycles. The number of hydrogen-bond donors (Lipinski definition) is 0. The molecule has 1 aliphatic rings. The molecule has 0 atom stereocenters. The smallest absolute Gasteiger partial charge is 0.233 e. The van der Waals surface area contributed by atoms with Crippen LogP contribution in [0, 0.1) is 5.92 Å². The minimum Gasteiger partial charge on any atom is -0.339 e. The Morgan fingerprint density at radius 2 is 1.47 bits per heavy atom. The topological polar surface area (TPSA) is 71.3 Å². The Morgan fingerprint density at radius 3 is 2.09 bits per heavy atom. The van der Waals surface area contributed by atoms with Crippen LogP contribution in [-0.4, -0.2) is 68.3 Å². The van der Waals surface area contributed by atoms with E-state index in [-0.39, 0.29) is 23.5 Å². The quantitative estimate of drug-likeness (QED) is 0.540. The second-order valence-electron chi connectivity index (χ2n) is 7.99. The fourth-order valence-electron chi connectivity index (χ4n) is 3.71. The van der Waals surface area contributed by atoms with Crippen molar-refractivity contribution in [3.63, 3.8) is 0 Å². The van der Waals surface area contributed by atoms with Crippen molar-refractivity contribution in [3.05, 3.63) is 60.7 Å². The molecule has 1 fully saturated rings. The van der Waals surface area contributed by atoms with E-state index in [9.17, 15) is 9.59 Å². The fourth-order valence-corrected chi connectivity index (χ4v) is 4.56. The third-order valence-electron chi connectivity index (χ3n) is 5.44. The van der Waals surface area contributed by atoms with Crippen LogP contribution in [0.1, 0.15) is 13.8 Å². The largest absolute Gasteiger partial charge is 0.339 e. The van der Waals surface area contributed by atoms with Gasteiger partial charge < -0.3 is 9.80 Å². The van der Waals surface area contributed by atoms with E-state index in [1.807, 2.05) is 88.9 Å². The average molecular weight is 450 g/mol. The van der Waals surface area contributed by atoms with Crippen molar-refractivity contribution in [1.29, 1.82) is 0 Å². The molecule has 7 nitrogen and oxygen atoms in total. The zero-order valence-electron chi connectivity index (χ0n) is 18.3. The van der Waals surface area contributed by atoms with Gasteiger partial charge in [-0.2, -0.15) is 0 Å². The van der Waals surface area contributed by atoms with Crippen molar-refractivity contribution in [1.82, 2.24) is 24.6 Å². The van der Waals surface area contributed by atoms with Crippen LogP contribution in [0.3, 0.4) is 0 Å². The van der Waals surface area contributed by atoms with E-state index < -0.39 is 0 Å². The van der Waals surface area contributed by atoms with E-state index in [2.05, 4.69) is 10.2 Å². The number of amides is 2. The highest BCUT2D eigenvalue weighted by atomic mass is 32.2. The Hall–Kier alpha value is -3.13. The number of benzene rings is 2. The Kier molecular flexibility index (Phi) is 6.90. The van der Waals surface area contributed by atoms with Crippen LogP contribution < -0.4 is 0 Å². The van der Waals surface area contributed by atoms with Gasteiger partial charge >= 0.3 is 0 Å². The molecule has 32 heavy (non-hydrogen) atoms. The minimum absolute atomic E-state index is 0.0176. The first-order chi connectivity index (χ1) is 15.5. The number of piperazine rings is 1. The van der Waals surface area contributed by atoms with Gasteiger partial charge in [0.15, 0.2) is 11.0 Å². The minimum atomic E-state index is -0.0176. The van der Waals surface area contributed by atoms with Crippen molar-refractivity contribution >= 4 is 23.6 Å². The summed E-state index contributed by atoms with van der Waals surface area (Å²) in [6.07, 6.45) is 0. The average Bonchev–Trinajstić information content (AvgIpc) is 3.27. The zero-order chi connectivity index (χ0) is 22.5. The van der Waals surface area contributed by atoms with Crippen molar-refractivity contribution in [3.8, 4) is 17.1 Å². The van der Waals surface area contributed by atoms with Crippen LogP contribution in [0.4, 0.5) is 0 Å². The number of nitrogens with zero attached hydrogens (tertiary/aromatic N) is 5. The second-order valence-corrected chi connectivity index (χ2v) is 8.94. The Balaban J connectivity index is 1.47. The summed E-state index contributed by atoms with van der Waals surface area (Å²) in [4.78, 5) is 28.7. The molecule has 0 saturated carbocycles. The van der Waals surface area contributed by atoms with Gasteiger partial charge in [0.25, 0.3) is 0 Å². The third-order valence-corrected chi connectivity index (χ3v) is 6.36. The highest BCUT2D eigenvalue weighted by Gasteiger charge is 2.26. The maximum absolute atomic E-state index is 12.9. The molecule has 0 bridgehead atoms. The Labute approximate surface area is 192 Å². The van der Waals surface area contributed by atoms with Crippen LogP contribution >= 0.6 is 11.8 Å². The number of carbonyl (C=O) groups excluding carboxylic acids is 2. The van der Waals surface area contributed by atoms with Crippen LogP contribution in [0.15, 0.2) is 65.8 Å². The zero-order valence-corrected chi connectivity index (χ0v) is 19.2. The van der Waals surface area contributed by atoms with Gasteiger partial charge in [0.2, 0.25) is 11.8 Å². The molecular formula is C24H27N5O2S. The van der Waals surface area contributed by atoms with Crippen LogP contribution in [0.25, 0.3) is 17.1 Å². The molecule has 0 aliphatic carbocycles. The summed E-state index contributed by atoms with van der Waals surface area (Å²) >= 11 is 1.39. The van der Waals surface area contributed by atoms with Gasteiger partial charge in [-0.15, -0.1) is 10.2 Å². The third kappa shape index (κ3) is 4.85. The summed E-state index contributed by atoms with van der Waals surface area (Å²) in [5.74, 6) is 1.20. The number of para-hydroxylation sites is 1. The lowest BCUT2D eigenvalue weighted by Crippen LogP contribution is -2.51. The van der Waals surface area contributed by atoms with Gasteiger partial charge in [0, 0.05) is 43.3 Å². The first kappa shape index (κ1) is 22.1. The normalized spacial score (nSPS) is 14.1. The molecule has 8 heteroatoms.